The Hall–Kier alpha value is -2.34. The van der Waals surface area contributed by atoms with Crippen LogP contribution in [0.3, 0.4) is 0 Å². The molecule has 0 aliphatic heterocycles. The number of hydrogen-bond acceptors (Lipinski definition) is 3. The van der Waals surface area contributed by atoms with Gasteiger partial charge in [-0.05, 0) is 29.1 Å². The van der Waals surface area contributed by atoms with Crippen molar-refractivity contribution < 1.29 is 14.7 Å². The molecule has 0 spiro atoms. The standard InChI is InChI=1S/C14H14N2O3S/c17-13(18)8-10-3-5-11(6-4-10)16-14(19)15-9-12-2-1-7-20-12/h1-7H,8-9H2,(H,17,18)(H2,15,16,19). The van der Waals surface area contributed by atoms with E-state index < -0.39 is 5.97 Å². The van der Waals surface area contributed by atoms with E-state index in [1.165, 1.54) is 0 Å². The molecule has 6 heteroatoms. The molecule has 20 heavy (non-hydrogen) atoms. The van der Waals surface area contributed by atoms with Crippen LogP contribution in [0.2, 0.25) is 0 Å². The van der Waals surface area contributed by atoms with E-state index in [-0.39, 0.29) is 12.5 Å². The summed E-state index contributed by atoms with van der Waals surface area (Å²) in [6, 6.07) is 10.3. The Morgan fingerprint density at radius 2 is 1.90 bits per heavy atom. The summed E-state index contributed by atoms with van der Waals surface area (Å²) in [5.74, 6) is -0.876. The minimum Gasteiger partial charge on any atom is -0.481 e. The largest absolute Gasteiger partial charge is 0.481 e. The van der Waals surface area contributed by atoms with Crippen molar-refractivity contribution in [3.63, 3.8) is 0 Å². The van der Waals surface area contributed by atoms with Crippen LogP contribution in [-0.4, -0.2) is 17.1 Å². The highest BCUT2D eigenvalue weighted by molar-refractivity contribution is 7.09. The van der Waals surface area contributed by atoms with Gasteiger partial charge >= 0.3 is 12.0 Å². The molecule has 1 aromatic carbocycles. The number of benzene rings is 1. The van der Waals surface area contributed by atoms with Crippen molar-refractivity contribution in [3.8, 4) is 0 Å². The molecule has 104 valence electrons. The number of rotatable bonds is 5. The summed E-state index contributed by atoms with van der Waals surface area (Å²) in [5, 5.41) is 16.1. The van der Waals surface area contributed by atoms with E-state index in [1.807, 2.05) is 17.5 Å². The van der Waals surface area contributed by atoms with Crippen molar-refractivity contribution in [3.05, 3.63) is 52.2 Å². The fourth-order valence-electron chi connectivity index (χ4n) is 1.64. The van der Waals surface area contributed by atoms with Gasteiger partial charge in [0.2, 0.25) is 0 Å². The highest BCUT2D eigenvalue weighted by Gasteiger charge is 2.03. The molecule has 0 aliphatic carbocycles. The number of carboxylic acids is 1. The number of nitrogens with one attached hydrogen (secondary N) is 2. The Kier molecular flexibility index (Phi) is 4.73. The SMILES string of the molecule is O=C(O)Cc1ccc(NC(=O)NCc2cccs2)cc1. The van der Waals surface area contributed by atoms with Gasteiger partial charge in [0.15, 0.2) is 0 Å². The Balaban J connectivity index is 1.83. The summed E-state index contributed by atoms with van der Waals surface area (Å²) < 4.78 is 0. The normalized spacial score (nSPS) is 10.0. The first-order valence-corrected chi connectivity index (χ1v) is 6.89. The third-order valence-electron chi connectivity index (χ3n) is 2.57. The van der Waals surface area contributed by atoms with Crippen molar-refractivity contribution in [1.82, 2.24) is 5.32 Å². The number of carboxylic acid groups (broad SMARTS) is 1. The summed E-state index contributed by atoms with van der Waals surface area (Å²) in [6.45, 7) is 0.487. The van der Waals surface area contributed by atoms with Crippen LogP contribution in [-0.2, 0) is 17.8 Å². The van der Waals surface area contributed by atoms with Crippen LogP contribution < -0.4 is 10.6 Å². The molecule has 2 rings (SSSR count). The first-order chi connectivity index (χ1) is 9.63. The zero-order chi connectivity index (χ0) is 14.4. The van der Waals surface area contributed by atoms with Gasteiger partial charge in [0.05, 0.1) is 13.0 Å². The molecule has 2 amide bonds. The molecule has 3 N–H and O–H groups in total. The molecule has 5 nitrogen and oxygen atoms in total. The van der Waals surface area contributed by atoms with Gasteiger partial charge in [-0.15, -0.1) is 11.3 Å². The summed E-state index contributed by atoms with van der Waals surface area (Å²) in [7, 11) is 0. The number of thiophene rings is 1. The van der Waals surface area contributed by atoms with E-state index in [1.54, 1.807) is 35.6 Å². The van der Waals surface area contributed by atoms with Gasteiger partial charge in [0.25, 0.3) is 0 Å². The predicted molar refractivity (Wildman–Crippen MR) is 78.0 cm³/mol. The first kappa shape index (κ1) is 14.1. The third-order valence-corrected chi connectivity index (χ3v) is 3.45. The van der Waals surface area contributed by atoms with Crippen LogP contribution in [0.25, 0.3) is 0 Å². The monoisotopic (exact) mass is 290 g/mol. The lowest BCUT2D eigenvalue weighted by molar-refractivity contribution is -0.136. The molecule has 0 radical (unpaired) electrons. The summed E-state index contributed by atoms with van der Waals surface area (Å²) in [4.78, 5) is 23.3. The van der Waals surface area contributed by atoms with E-state index >= 15 is 0 Å². The molecular formula is C14H14N2O3S. The molecule has 0 saturated heterocycles. The smallest absolute Gasteiger partial charge is 0.319 e. The number of hydrogen-bond donors (Lipinski definition) is 3. The fraction of sp³-hybridized carbons (Fsp3) is 0.143. The summed E-state index contributed by atoms with van der Waals surface area (Å²) in [5.41, 5.74) is 1.32. The topological polar surface area (TPSA) is 78.4 Å². The number of anilines is 1. The second kappa shape index (κ2) is 6.72. The molecule has 0 unspecified atom stereocenters. The third kappa shape index (κ3) is 4.40. The van der Waals surface area contributed by atoms with Gasteiger partial charge in [-0.1, -0.05) is 18.2 Å². The predicted octanol–water partition coefficient (Wildman–Crippen LogP) is 2.70. The fourth-order valence-corrected chi connectivity index (χ4v) is 2.28. The van der Waals surface area contributed by atoms with Crippen LogP contribution in [0.4, 0.5) is 10.5 Å². The lowest BCUT2D eigenvalue weighted by atomic mass is 10.1. The van der Waals surface area contributed by atoms with Gasteiger partial charge in [-0.2, -0.15) is 0 Å². The van der Waals surface area contributed by atoms with Gasteiger partial charge in [-0.25, -0.2) is 4.79 Å². The molecule has 0 bridgehead atoms. The van der Waals surface area contributed by atoms with E-state index in [9.17, 15) is 9.59 Å². The molecule has 0 fully saturated rings. The highest BCUT2D eigenvalue weighted by atomic mass is 32.1. The van der Waals surface area contributed by atoms with E-state index in [0.29, 0.717) is 17.8 Å². The Morgan fingerprint density at radius 1 is 1.15 bits per heavy atom. The van der Waals surface area contributed by atoms with Crippen LogP contribution in [0, 0.1) is 0 Å². The second-order valence-corrected chi connectivity index (χ2v) is 5.19. The van der Waals surface area contributed by atoms with Gasteiger partial charge in [0, 0.05) is 10.6 Å². The molecule has 1 heterocycles. The molecular weight excluding hydrogens is 276 g/mol. The van der Waals surface area contributed by atoms with Crippen molar-refractivity contribution in [1.29, 1.82) is 0 Å². The summed E-state index contributed by atoms with van der Waals surface area (Å²) >= 11 is 1.58. The zero-order valence-corrected chi connectivity index (χ0v) is 11.4. The van der Waals surface area contributed by atoms with Crippen LogP contribution >= 0.6 is 11.3 Å². The lowest BCUT2D eigenvalue weighted by Gasteiger charge is -2.07. The van der Waals surface area contributed by atoms with Gasteiger partial charge in [-0.3, -0.25) is 4.79 Å². The minimum atomic E-state index is -0.876. The average Bonchev–Trinajstić information content (AvgIpc) is 2.91. The Labute approximate surface area is 120 Å². The van der Waals surface area contributed by atoms with Crippen LogP contribution in [0.15, 0.2) is 41.8 Å². The number of urea groups is 1. The molecule has 1 aromatic heterocycles. The number of carbonyl (C=O) groups is 2. The maximum absolute atomic E-state index is 11.7. The highest BCUT2D eigenvalue weighted by Crippen LogP contribution is 2.11. The number of amides is 2. The molecule has 2 aromatic rings. The summed E-state index contributed by atoms with van der Waals surface area (Å²) in [6.07, 6.45) is -0.0230. The van der Waals surface area contributed by atoms with Gasteiger partial charge in [0.1, 0.15) is 0 Å². The number of aliphatic carboxylic acids is 1. The second-order valence-electron chi connectivity index (χ2n) is 4.15. The zero-order valence-electron chi connectivity index (χ0n) is 10.6. The Bertz CT molecular complexity index is 579. The quantitative estimate of drug-likeness (QED) is 0.792. The lowest BCUT2D eigenvalue weighted by Crippen LogP contribution is -2.27. The van der Waals surface area contributed by atoms with Crippen molar-refractivity contribution in [2.24, 2.45) is 0 Å². The average molecular weight is 290 g/mol. The van der Waals surface area contributed by atoms with Crippen molar-refractivity contribution >= 4 is 29.0 Å². The van der Waals surface area contributed by atoms with E-state index in [4.69, 9.17) is 5.11 Å². The van der Waals surface area contributed by atoms with Crippen LogP contribution in [0.1, 0.15) is 10.4 Å². The number of carbonyl (C=O) groups excluding carboxylic acids is 1. The first-order valence-electron chi connectivity index (χ1n) is 6.01. The molecule has 0 saturated carbocycles. The van der Waals surface area contributed by atoms with Crippen LogP contribution in [0.5, 0.6) is 0 Å². The Morgan fingerprint density at radius 3 is 2.50 bits per heavy atom. The van der Waals surface area contributed by atoms with E-state index in [0.717, 1.165) is 4.88 Å². The minimum absolute atomic E-state index is 0.0230. The van der Waals surface area contributed by atoms with Crippen molar-refractivity contribution in [2.75, 3.05) is 5.32 Å². The van der Waals surface area contributed by atoms with Gasteiger partial charge < -0.3 is 15.7 Å². The van der Waals surface area contributed by atoms with Crippen molar-refractivity contribution in [2.45, 2.75) is 13.0 Å². The molecule has 0 atom stereocenters. The molecule has 0 aliphatic rings. The van der Waals surface area contributed by atoms with E-state index in [2.05, 4.69) is 10.6 Å². The maximum Gasteiger partial charge on any atom is 0.319 e. The maximum atomic E-state index is 11.7.